The second-order valence-electron chi connectivity index (χ2n) is 3.90. The van der Waals surface area contributed by atoms with E-state index in [1.165, 1.54) is 0 Å². The Hall–Kier alpha value is -0.0301. The predicted octanol–water partition coefficient (Wildman–Crippen LogP) is -3.59. The van der Waals surface area contributed by atoms with E-state index in [-0.39, 0.29) is 0 Å². The standard InChI is InChI=1S/C6H14B2O4/c1-2-3(9)4(10)5(12-2)6(7,8)11/h2-5,9-11H,7-8H2,1H3/t2-,3?,4+,5-/m0/s1. The Bertz CT molecular complexity index is 169. The Morgan fingerprint density at radius 3 is 1.92 bits per heavy atom. The van der Waals surface area contributed by atoms with Crippen molar-refractivity contribution in [2.75, 3.05) is 0 Å². The predicted molar refractivity (Wildman–Crippen MR) is 48.4 cm³/mol. The molecular formula is C6H14B2O4. The molecule has 0 aromatic heterocycles. The number of hydrogen-bond acceptors (Lipinski definition) is 4. The molecule has 0 spiro atoms. The van der Waals surface area contributed by atoms with Crippen LogP contribution in [0, 0.1) is 0 Å². The van der Waals surface area contributed by atoms with Crippen LogP contribution in [0.15, 0.2) is 0 Å². The van der Waals surface area contributed by atoms with Crippen molar-refractivity contribution in [1.82, 2.24) is 0 Å². The summed E-state index contributed by atoms with van der Waals surface area (Å²) in [6, 6.07) is 0. The topological polar surface area (TPSA) is 69.9 Å². The number of aliphatic hydroxyl groups is 3. The minimum atomic E-state index is -1.12. The largest absolute Gasteiger partial charge is 0.405 e. The van der Waals surface area contributed by atoms with E-state index in [1.807, 2.05) is 0 Å². The van der Waals surface area contributed by atoms with Crippen LogP contribution in [0.3, 0.4) is 0 Å². The zero-order chi connectivity index (χ0) is 9.52. The molecular weight excluding hydrogens is 158 g/mol. The molecule has 1 aliphatic rings. The maximum atomic E-state index is 9.53. The molecule has 1 fully saturated rings. The van der Waals surface area contributed by atoms with Crippen molar-refractivity contribution in [1.29, 1.82) is 0 Å². The van der Waals surface area contributed by atoms with E-state index >= 15 is 0 Å². The number of hydrogen-bond donors (Lipinski definition) is 3. The highest BCUT2D eigenvalue weighted by molar-refractivity contribution is 6.39. The maximum Gasteiger partial charge on any atom is 0.135 e. The summed E-state index contributed by atoms with van der Waals surface area (Å²) in [5.74, 6) is 0. The van der Waals surface area contributed by atoms with Crippen LogP contribution in [0.1, 0.15) is 6.92 Å². The van der Waals surface area contributed by atoms with Gasteiger partial charge in [-0.05, 0) is 6.92 Å². The van der Waals surface area contributed by atoms with Gasteiger partial charge in [0, 0.05) is 5.40 Å². The third kappa shape index (κ3) is 1.66. The molecule has 0 aromatic carbocycles. The molecule has 4 atom stereocenters. The third-order valence-corrected chi connectivity index (χ3v) is 2.20. The Morgan fingerprint density at radius 1 is 1.25 bits per heavy atom. The molecule has 6 heteroatoms. The van der Waals surface area contributed by atoms with Gasteiger partial charge < -0.3 is 20.1 Å². The van der Waals surface area contributed by atoms with Gasteiger partial charge in [-0.1, -0.05) is 0 Å². The molecule has 0 saturated carbocycles. The molecule has 1 aliphatic heterocycles. The second-order valence-corrected chi connectivity index (χ2v) is 3.90. The summed E-state index contributed by atoms with van der Waals surface area (Å²) < 4.78 is 5.20. The van der Waals surface area contributed by atoms with Gasteiger partial charge in [0.1, 0.15) is 27.9 Å². The van der Waals surface area contributed by atoms with E-state index in [0.29, 0.717) is 0 Å². The Kier molecular flexibility index (Phi) is 2.54. The van der Waals surface area contributed by atoms with E-state index in [9.17, 15) is 15.3 Å². The zero-order valence-electron chi connectivity index (χ0n) is 7.56. The molecule has 68 valence electrons. The molecule has 4 nitrogen and oxygen atoms in total. The number of rotatable bonds is 1. The minimum Gasteiger partial charge on any atom is -0.405 e. The zero-order valence-corrected chi connectivity index (χ0v) is 7.56. The lowest BCUT2D eigenvalue weighted by atomic mass is 9.61. The van der Waals surface area contributed by atoms with Crippen LogP contribution < -0.4 is 0 Å². The fourth-order valence-corrected chi connectivity index (χ4v) is 1.43. The molecule has 0 amide bonds. The average Bonchev–Trinajstić information content (AvgIpc) is 2.15. The Labute approximate surface area is 73.4 Å². The van der Waals surface area contributed by atoms with Gasteiger partial charge in [-0.25, -0.2) is 0 Å². The van der Waals surface area contributed by atoms with Crippen LogP contribution in [-0.4, -0.2) is 60.8 Å². The van der Waals surface area contributed by atoms with Crippen LogP contribution >= 0.6 is 0 Å². The first kappa shape index (κ1) is 10.1. The molecule has 0 aromatic rings. The van der Waals surface area contributed by atoms with Crippen LogP contribution in [0.2, 0.25) is 0 Å². The van der Waals surface area contributed by atoms with Crippen molar-refractivity contribution in [3.63, 3.8) is 0 Å². The summed E-state index contributed by atoms with van der Waals surface area (Å²) in [7, 11) is 3.09. The van der Waals surface area contributed by atoms with Gasteiger partial charge >= 0.3 is 0 Å². The van der Waals surface area contributed by atoms with Crippen LogP contribution in [-0.2, 0) is 4.74 Å². The van der Waals surface area contributed by atoms with Crippen molar-refractivity contribution in [3.8, 4) is 0 Å². The first-order chi connectivity index (χ1) is 5.34. The van der Waals surface area contributed by atoms with E-state index in [2.05, 4.69) is 0 Å². The molecule has 0 aliphatic carbocycles. The molecule has 1 heterocycles. The molecule has 1 unspecified atom stereocenters. The molecule has 3 N–H and O–H groups in total. The van der Waals surface area contributed by atoms with Gasteiger partial charge in [-0.15, -0.1) is 0 Å². The molecule has 0 bridgehead atoms. The van der Waals surface area contributed by atoms with Crippen molar-refractivity contribution in [3.05, 3.63) is 0 Å². The van der Waals surface area contributed by atoms with Crippen molar-refractivity contribution in [2.45, 2.75) is 36.7 Å². The van der Waals surface area contributed by atoms with Crippen LogP contribution in [0.5, 0.6) is 0 Å². The molecule has 1 rings (SSSR count). The van der Waals surface area contributed by atoms with E-state index in [0.717, 1.165) is 0 Å². The summed E-state index contributed by atoms with van der Waals surface area (Å²) in [4.78, 5) is 0. The number of ether oxygens (including phenoxy) is 1. The highest BCUT2D eigenvalue weighted by Gasteiger charge is 2.46. The van der Waals surface area contributed by atoms with Gasteiger partial charge in [-0.2, -0.15) is 0 Å². The first-order valence-electron chi connectivity index (χ1n) is 4.08. The highest BCUT2D eigenvalue weighted by Crippen LogP contribution is 2.25. The summed E-state index contributed by atoms with van der Waals surface area (Å²) in [6.07, 6.45) is -3.03. The third-order valence-electron chi connectivity index (χ3n) is 2.20. The summed E-state index contributed by atoms with van der Waals surface area (Å²) in [6.45, 7) is 1.67. The minimum absolute atomic E-state index is 0.420. The fourth-order valence-electron chi connectivity index (χ4n) is 1.43. The Morgan fingerprint density at radius 2 is 1.75 bits per heavy atom. The van der Waals surface area contributed by atoms with Gasteiger partial charge in [0.05, 0.1) is 12.2 Å². The first-order valence-corrected chi connectivity index (χ1v) is 4.08. The normalized spacial score (nSPS) is 43.3. The lowest BCUT2D eigenvalue weighted by Gasteiger charge is -2.27. The van der Waals surface area contributed by atoms with Gasteiger partial charge in [0.15, 0.2) is 0 Å². The monoisotopic (exact) mass is 172 g/mol. The van der Waals surface area contributed by atoms with Gasteiger partial charge in [0.25, 0.3) is 0 Å². The highest BCUT2D eigenvalue weighted by atomic mass is 16.6. The van der Waals surface area contributed by atoms with Crippen molar-refractivity contribution >= 4 is 15.7 Å². The smallest absolute Gasteiger partial charge is 0.135 e. The summed E-state index contributed by atoms with van der Waals surface area (Å²) in [5, 5.41) is 27.1. The van der Waals surface area contributed by atoms with Crippen molar-refractivity contribution < 1.29 is 20.1 Å². The maximum absolute atomic E-state index is 9.53. The second kappa shape index (κ2) is 3.03. The van der Waals surface area contributed by atoms with Gasteiger partial charge in [-0.3, -0.25) is 0 Å². The molecule has 0 radical (unpaired) electrons. The van der Waals surface area contributed by atoms with E-state index < -0.39 is 29.8 Å². The van der Waals surface area contributed by atoms with Crippen LogP contribution in [0.25, 0.3) is 0 Å². The lowest BCUT2D eigenvalue weighted by Crippen LogP contribution is -2.50. The lowest BCUT2D eigenvalue weighted by molar-refractivity contribution is -0.0495. The van der Waals surface area contributed by atoms with E-state index in [1.54, 1.807) is 22.6 Å². The SMILES string of the molecule is BC(B)(O)[C@H]1O[C@@H](C)C(O)[C@H]1O. The van der Waals surface area contributed by atoms with Crippen LogP contribution in [0.4, 0.5) is 0 Å². The van der Waals surface area contributed by atoms with Crippen molar-refractivity contribution in [2.24, 2.45) is 0 Å². The fraction of sp³-hybridized carbons (Fsp3) is 1.00. The molecule has 12 heavy (non-hydrogen) atoms. The summed E-state index contributed by atoms with van der Waals surface area (Å²) in [5.41, 5.74) is 0. The van der Waals surface area contributed by atoms with Gasteiger partial charge in [0.2, 0.25) is 0 Å². The quantitative estimate of drug-likeness (QED) is 0.357. The molecule has 1 saturated heterocycles. The van der Waals surface area contributed by atoms with E-state index in [4.69, 9.17) is 4.74 Å². The number of aliphatic hydroxyl groups excluding tert-OH is 2. The summed E-state index contributed by atoms with van der Waals surface area (Å²) >= 11 is 0. The Balaban J connectivity index is 2.71. The average molecular weight is 172 g/mol.